The van der Waals surface area contributed by atoms with E-state index in [4.69, 9.17) is 0 Å². The molecule has 0 fully saturated rings. The highest BCUT2D eigenvalue weighted by Gasteiger charge is 2.03. The molecule has 3 nitrogen and oxygen atoms in total. The molecule has 0 aromatic carbocycles. The van der Waals surface area contributed by atoms with Crippen LogP contribution in [0.25, 0.3) is 0 Å². The second-order valence-electron chi connectivity index (χ2n) is 3.33. The number of nitrogens with zero attached hydrogens (tertiary/aromatic N) is 2. The van der Waals surface area contributed by atoms with Crippen LogP contribution >= 0.6 is 27.3 Å². The Morgan fingerprint density at radius 1 is 1.53 bits per heavy atom. The average Bonchev–Trinajstić information content (AvgIpc) is 2.74. The number of aromatic nitrogens is 2. The molecule has 5 heteroatoms. The lowest BCUT2D eigenvalue weighted by Crippen LogP contribution is -1.99. The third-order valence-electron chi connectivity index (χ3n) is 2.32. The van der Waals surface area contributed by atoms with E-state index >= 15 is 0 Å². The van der Waals surface area contributed by atoms with E-state index in [-0.39, 0.29) is 0 Å². The normalized spacial score (nSPS) is 10.6. The monoisotopic (exact) mass is 285 g/mol. The highest BCUT2D eigenvalue weighted by molar-refractivity contribution is 9.11. The molecule has 0 unspecified atom stereocenters. The van der Waals surface area contributed by atoms with Gasteiger partial charge in [0.25, 0.3) is 0 Å². The summed E-state index contributed by atoms with van der Waals surface area (Å²) in [6.07, 6.45) is 1.86. The Bertz CT molecular complexity index is 461. The summed E-state index contributed by atoms with van der Waals surface area (Å²) in [4.78, 5) is 1.31. The van der Waals surface area contributed by atoms with Crippen LogP contribution in [0.3, 0.4) is 0 Å². The van der Waals surface area contributed by atoms with Gasteiger partial charge in [0, 0.05) is 18.5 Å². The predicted molar refractivity (Wildman–Crippen MR) is 67.3 cm³/mol. The molecule has 0 bridgehead atoms. The Morgan fingerprint density at radius 2 is 2.33 bits per heavy atom. The van der Waals surface area contributed by atoms with E-state index in [1.54, 1.807) is 11.3 Å². The first-order valence-corrected chi connectivity index (χ1v) is 6.24. The molecule has 0 aliphatic rings. The quantitative estimate of drug-likeness (QED) is 0.939. The average molecular weight is 286 g/mol. The van der Waals surface area contributed by atoms with E-state index in [1.165, 1.54) is 8.66 Å². The third-order valence-corrected chi connectivity index (χ3v) is 3.94. The van der Waals surface area contributed by atoms with Crippen LogP contribution in [-0.4, -0.2) is 9.78 Å². The zero-order chi connectivity index (χ0) is 10.8. The van der Waals surface area contributed by atoms with Crippen molar-refractivity contribution >= 4 is 33.0 Å². The number of hydrogen-bond acceptors (Lipinski definition) is 3. The summed E-state index contributed by atoms with van der Waals surface area (Å²) in [6, 6.07) is 4.19. The van der Waals surface area contributed by atoms with Gasteiger partial charge < -0.3 is 5.32 Å². The summed E-state index contributed by atoms with van der Waals surface area (Å²) in [5, 5.41) is 7.55. The summed E-state index contributed by atoms with van der Waals surface area (Å²) < 4.78 is 3.04. The summed E-state index contributed by atoms with van der Waals surface area (Å²) >= 11 is 5.20. The van der Waals surface area contributed by atoms with Crippen molar-refractivity contribution in [3.05, 3.63) is 32.7 Å². The van der Waals surface area contributed by atoms with Crippen LogP contribution in [0.4, 0.5) is 5.69 Å². The summed E-state index contributed by atoms with van der Waals surface area (Å²) in [5.74, 6) is 0. The van der Waals surface area contributed by atoms with Crippen LogP contribution in [0.15, 0.2) is 22.1 Å². The van der Waals surface area contributed by atoms with Gasteiger partial charge in [-0.3, -0.25) is 4.68 Å². The first kappa shape index (κ1) is 10.7. The Balaban J connectivity index is 2.02. The smallest absolute Gasteiger partial charge is 0.0759 e. The SMILES string of the molecule is Cc1c(NCc2ccc(Br)s2)cnn1C. The first-order chi connectivity index (χ1) is 7.16. The van der Waals surface area contributed by atoms with Crippen LogP contribution in [0.2, 0.25) is 0 Å². The molecule has 0 amide bonds. The summed E-state index contributed by atoms with van der Waals surface area (Å²) in [7, 11) is 1.95. The number of rotatable bonds is 3. The minimum atomic E-state index is 0.850. The van der Waals surface area contributed by atoms with Gasteiger partial charge in [-0.05, 0) is 35.0 Å². The number of thiophene rings is 1. The molecule has 0 aliphatic heterocycles. The standard InChI is InChI=1S/C10H12BrN3S/c1-7-9(6-13-14(7)2)12-5-8-3-4-10(11)15-8/h3-4,6,12H,5H2,1-2H3. The Morgan fingerprint density at radius 3 is 2.87 bits per heavy atom. The number of anilines is 1. The molecular weight excluding hydrogens is 274 g/mol. The lowest BCUT2D eigenvalue weighted by Gasteiger charge is -2.03. The fourth-order valence-corrected chi connectivity index (χ4v) is 2.72. The fraction of sp³-hybridized carbons (Fsp3) is 0.300. The second kappa shape index (κ2) is 4.37. The highest BCUT2D eigenvalue weighted by atomic mass is 79.9. The number of halogens is 1. The maximum atomic E-state index is 4.18. The number of hydrogen-bond donors (Lipinski definition) is 1. The molecule has 0 saturated heterocycles. The van der Waals surface area contributed by atoms with E-state index in [0.29, 0.717) is 0 Å². The molecule has 1 N–H and O–H groups in total. The number of nitrogens with one attached hydrogen (secondary N) is 1. The highest BCUT2D eigenvalue weighted by Crippen LogP contribution is 2.23. The predicted octanol–water partition coefficient (Wildman–Crippen LogP) is 3.16. The van der Waals surface area contributed by atoms with Crippen molar-refractivity contribution < 1.29 is 0 Å². The minimum absolute atomic E-state index is 0.850. The van der Waals surface area contributed by atoms with Gasteiger partial charge in [-0.1, -0.05) is 0 Å². The van der Waals surface area contributed by atoms with E-state index in [1.807, 2.05) is 17.9 Å². The molecule has 2 heterocycles. The molecule has 0 radical (unpaired) electrons. The Hall–Kier alpha value is -0.810. The lowest BCUT2D eigenvalue weighted by molar-refractivity contribution is 0.740. The van der Waals surface area contributed by atoms with Gasteiger partial charge >= 0.3 is 0 Å². The maximum Gasteiger partial charge on any atom is 0.0759 e. The van der Waals surface area contributed by atoms with Gasteiger partial charge in [-0.25, -0.2) is 0 Å². The van der Waals surface area contributed by atoms with Gasteiger partial charge in [0.1, 0.15) is 0 Å². The van der Waals surface area contributed by atoms with Gasteiger partial charge in [0.05, 0.1) is 21.4 Å². The largest absolute Gasteiger partial charge is 0.377 e. The molecule has 0 atom stereocenters. The Kier molecular flexibility index (Phi) is 3.11. The molecule has 15 heavy (non-hydrogen) atoms. The van der Waals surface area contributed by atoms with Crippen LogP contribution < -0.4 is 5.32 Å². The van der Waals surface area contributed by atoms with Gasteiger partial charge in [-0.2, -0.15) is 5.10 Å². The molecule has 0 saturated carbocycles. The summed E-state index contributed by atoms with van der Waals surface area (Å²) in [5.41, 5.74) is 2.26. The molecule has 0 aliphatic carbocycles. The molecule has 2 aromatic rings. The van der Waals surface area contributed by atoms with E-state index in [2.05, 4.69) is 45.4 Å². The van der Waals surface area contributed by atoms with Crippen LogP contribution in [0.5, 0.6) is 0 Å². The topological polar surface area (TPSA) is 29.9 Å². The molecule has 2 rings (SSSR count). The fourth-order valence-electron chi connectivity index (χ4n) is 1.30. The molecule has 0 spiro atoms. The van der Waals surface area contributed by atoms with Crippen LogP contribution in [0, 0.1) is 6.92 Å². The van der Waals surface area contributed by atoms with Crippen molar-refractivity contribution in [1.82, 2.24) is 9.78 Å². The van der Waals surface area contributed by atoms with Gasteiger partial charge in [0.15, 0.2) is 0 Å². The molecule has 80 valence electrons. The molecule has 2 aromatic heterocycles. The Labute approximate surface area is 101 Å². The van der Waals surface area contributed by atoms with Gasteiger partial charge in [-0.15, -0.1) is 11.3 Å². The number of aryl methyl sites for hydroxylation is 1. The van der Waals surface area contributed by atoms with Crippen molar-refractivity contribution in [3.63, 3.8) is 0 Å². The van der Waals surface area contributed by atoms with Crippen LogP contribution in [0.1, 0.15) is 10.6 Å². The summed E-state index contributed by atoms with van der Waals surface area (Å²) in [6.45, 7) is 2.91. The van der Waals surface area contributed by atoms with E-state index in [0.717, 1.165) is 17.9 Å². The van der Waals surface area contributed by atoms with Crippen molar-refractivity contribution in [1.29, 1.82) is 0 Å². The first-order valence-electron chi connectivity index (χ1n) is 4.63. The van der Waals surface area contributed by atoms with Crippen molar-refractivity contribution in [2.45, 2.75) is 13.5 Å². The van der Waals surface area contributed by atoms with Crippen molar-refractivity contribution in [2.75, 3.05) is 5.32 Å². The van der Waals surface area contributed by atoms with Crippen LogP contribution in [-0.2, 0) is 13.6 Å². The lowest BCUT2D eigenvalue weighted by atomic mass is 10.4. The second-order valence-corrected chi connectivity index (χ2v) is 5.87. The van der Waals surface area contributed by atoms with E-state index < -0.39 is 0 Å². The van der Waals surface area contributed by atoms with Gasteiger partial charge in [0.2, 0.25) is 0 Å². The maximum absolute atomic E-state index is 4.18. The zero-order valence-corrected chi connectivity index (χ0v) is 11.0. The van der Waals surface area contributed by atoms with E-state index in [9.17, 15) is 0 Å². The minimum Gasteiger partial charge on any atom is -0.377 e. The zero-order valence-electron chi connectivity index (χ0n) is 8.62. The third kappa shape index (κ3) is 2.41. The van der Waals surface area contributed by atoms with Crippen molar-refractivity contribution in [2.24, 2.45) is 7.05 Å². The molecular formula is C10H12BrN3S. The van der Waals surface area contributed by atoms with Crippen molar-refractivity contribution in [3.8, 4) is 0 Å².